The van der Waals surface area contributed by atoms with Crippen LogP contribution in [0, 0.1) is 18.3 Å². The fraction of sp³-hybridized carbons (Fsp3) is 0.500. The van der Waals surface area contributed by atoms with Crippen LogP contribution in [0.3, 0.4) is 0 Å². The van der Waals surface area contributed by atoms with E-state index in [-0.39, 0.29) is 0 Å². The van der Waals surface area contributed by atoms with E-state index >= 15 is 0 Å². The van der Waals surface area contributed by atoms with Gasteiger partial charge in [0.25, 0.3) is 0 Å². The van der Waals surface area contributed by atoms with Gasteiger partial charge in [-0.15, -0.1) is 13.0 Å². The molecule has 0 saturated heterocycles. The van der Waals surface area contributed by atoms with E-state index in [9.17, 15) is 0 Å². The van der Waals surface area contributed by atoms with Crippen LogP contribution < -0.4 is 5.73 Å². The van der Waals surface area contributed by atoms with Gasteiger partial charge in [-0.05, 0) is 49.8 Å². The molecule has 2 N–H and O–H groups in total. The third-order valence-corrected chi connectivity index (χ3v) is 2.76. The van der Waals surface area contributed by atoms with Crippen molar-refractivity contribution < 1.29 is 0 Å². The van der Waals surface area contributed by atoms with Crippen molar-refractivity contribution in [1.82, 2.24) is 0 Å². The van der Waals surface area contributed by atoms with Gasteiger partial charge >= 0.3 is 0 Å². The summed E-state index contributed by atoms with van der Waals surface area (Å²) in [6, 6.07) is 0. The Hall–Kier alpha value is -1.26. The van der Waals surface area contributed by atoms with Gasteiger partial charge in [-0.25, -0.2) is 0 Å². The van der Waals surface area contributed by atoms with E-state index in [4.69, 9.17) is 12.2 Å². The van der Waals surface area contributed by atoms with Crippen LogP contribution in [-0.4, -0.2) is 6.54 Å². The van der Waals surface area contributed by atoms with Crippen LogP contribution in [0.4, 0.5) is 0 Å². The molecule has 0 saturated carbocycles. The molecule has 1 unspecified atom stereocenters. The molecule has 0 spiro atoms. The molecule has 0 amide bonds. The highest BCUT2D eigenvalue weighted by Gasteiger charge is 2.14. The molecule has 0 aromatic carbocycles. The second kappa shape index (κ2) is 8.84. The van der Waals surface area contributed by atoms with Gasteiger partial charge in [-0.3, -0.25) is 0 Å². The molecule has 1 atom stereocenters. The zero-order chi connectivity index (χ0) is 13.3. The summed E-state index contributed by atoms with van der Waals surface area (Å²) in [5.74, 6) is 3.08. The average molecular weight is 231 g/mol. The van der Waals surface area contributed by atoms with Gasteiger partial charge in [0.05, 0.1) is 0 Å². The second-order valence-corrected chi connectivity index (χ2v) is 4.54. The van der Waals surface area contributed by atoms with Crippen LogP contribution in [0.15, 0.2) is 35.5 Å². The Labute approximate surface area is 106 Å². The minimum Gasteiger partial charge on any atom is -0.327 e. The largest absolute Gasteiger partial charge is 0.327 e. The van der Waals surface area contributed by atoms with Crippen LogP contribution in [-0.2, 0) is 0 Å². The van der Waals surface area contributed by atoms with Gasteiger partial charge in [0, 0.05) is 6.54 Å². The van der Waals surface area contributed by atoms with E-state index in [0.717, 1.165) is 24.8 Å². The van der Waals surface area contributed by atoms with Crippen molar-refractivity contribution in [2.75, 3.05) is 6.54 Å². The van der Waals surface area contributed by atoms with Crippen LogP contribution in [0.25, 0.3) is 0 Å². The predicted octanol–water partition coefficient (Wildman–Crippen LogP) is 3.83. The monoisotopic (exact) mass is 231 g/mol. The maximum absolute atomic E-state index is 5.65. The van der Waals surface area contributed by atoms with Crippen LogP contribution in [0.1, 0.15) is 40.0 Å². The first-order chi connectivity index (χ1) is 8.06. The number of nitrogens with two attached hydrogens (primary N) is 1. The third-order valence-electron chi connectivity index (χ3n) is 2.76. The first kappa shape index (κ1) is 15.7. The van der Waals surface area contributed by atoms with Crippen LogP contribution in [0.2, 0.25) is 0 Å². The molecular formula is C16H25N. The molecule has 0 radical (unpaired) electrons. The number of hydrogen-bond donors (Lipinski definition) is 1. The highest BCUT2D eigenvalue weighted by atomic mass is 14.5. The van der Waals surface area contributed by atoms with Crippen LogP contribution in [0.5, 0.6) is 0 Å². The van der Waals surface area contributed by atoms with Gasteiger partial charge in [0.15, 0.2) is 0 Å². The lowest BCUT2D eigenvalue weighted by Crippen LogP contribution is -2.09. The Bertz CT molecular complexity index is 339. The maximum Gasteiger partial charge on any atom is 0.0112 e. The molecule has 0 aliphatic rings. The number of allylic oxidation sites excluding steroid dienone is 4. The minimum atomic E-state index is 0.491. The Balaban J connectivity index is 5.10. The van der Waals surface area contributed by atoms with E-state index in [2.05, 4.69) is 39.3 Å². The standard InChI is InChI=1S/C16H25N/c1-6-8-14(5)16(10-11-17)15(9-7-2)12-13(3)4/h1,8,10,15H,3,7,9,11-12,17H2,2,4-5H3/b14-8-,16-10+. The zero-order valence-corrected chi connectivity index (χ0v) is 11.4. The van der Waals surface area contributed by atoms with E-state index in [1.807, 2.05) is 6.08 Å². The van der Waals surface area contributed by atoms with Crippen molar-refractivity contribution in [3.63, 3.8) is 0 Å². The average Bonchev–Trinajstić information content (AvgIpc) is 2.25. The van der Waals surface area contributed by atoms with Crippen molar-refractivity contribution in [3.8, 4) is 12.3 Å². The maximum atomic E-state index is 5.65. The van der Waals surface area contributed by atoms with E-state index in [1.54, 1.807) is 0 Å². The fourth-order valence-corrected chi connectivity index (χ4v) is 2.12. The summed E-state index contributed by atoms with van der Waals surface area (Å²) in [5, 5.41) is 0. The zero-order valence-electron chi connectivity index (χ0n) is 11.4. The molecule has 1 nitrogen and oxygen atoms in total. The van der Waals surface area contributed by atoms with Gasteiger partial charge in [0.1, 0.15) is 0 Å². The normalized spacial score (nSPS) is 14.3. The highest BCUT2D eigenvalue weighted by molar-refractivity contribution is 5.36. The van der Waals surface area contributed by atoms with Crippen molar-refractivity contribution >= 4 is 0 Å². The summed E-state index contributed by atoms with van der Waals surface area (Å²) in [6.45, 7) is 10.9. The summed E-state index contributed by atoms with van der Waals surface area (Å²) in [6.07, 6.45) is 12.6. The molecule has 1 heteroatoms. The van der Waals surface area contributed by atoms with Crippen molar-refractivity contribution in [2.45, 2.75) is 40.0 Å². The second-order valence-electron chi connectivity index (χ2n) is 4.54. The fourth-order valence-electron chi connectivity index (χ4n) is 2.12. The molecule has 0 bridgehead atoms. The molecule has 0 aromatic rings. The van der Waals surface area contributed by atoms with Gasteiger partial charge in [-0.2, -0.15) is 0 Å². The van der Waals surface area contributed by atoms with Gasteiger partial charge < -0.3 is 5.73 Å². The van der Waals surface area contributed by atoms with Gasteiger partial charge in [-0.1, -0.05) is 30.9 Å². The lowest BCUT2D eigenvalue weighted by Gasteiger charge is -2.21. The number of terminal acetylenes is 1. The molecule has 0 heterocycles. The lowest BCUT2D eigenvalue weighted by atomic mass is 9.84. The molecule has 0 aliphatic heterocycles. The highest BCUT2D eigenvalue weighted by Crippen LogP contribution is 2.29. The van der Waals surface area contributed by atoms with Crippen LogP contribution >= 0.6 is 0 Å². The smallest absolute Gasteiger partial charge is 0.0112 e. The Morgan fingerprint density at radius 2 is 2.12 bits per heavy atom. The summed E-state index contributed by atoms with van der Waals surface area (Å²) in [4.78, 5) is 0. The summed E-state index contributed by atoms with van der Waals surface area (Å²) >= 11 is 0. The Morgan fingerprint density at radius 3 is 2.53 bits per heavy atom. The molecule has 17 heavy (non-hydrogen) atoms. The first-order valence-corrected chi connectivity index (χ1v) is 6.24. The summed E-state index contributed by atoms with van der Waals surface area (Å²) in [7, 11) is 0. The molecule has 0 fully saturated rings. The molecule has 0 aromatic heterocycles. The topological polar surface area (TPSA) is 26.0 Å². The Morgan fingerprint density at radius 1 is 1.47 bits per heavy atom. The lowest BCUT2D eigenvalue weighted by molar-refractivity contribution is 0.549. The van der Waals surface area contributed by atoms with Crippen molar-refractivity contribution in [3.05, 3.63) is 35.5 Å². The Kier molecular flexibility index (Phi) is 8.19. The minimum absolute atomic E-state index is 0.491. The van der Waals surface area contributed by atoms with E-state index < -0.39 is 0 Å². The number of rotatable bonds is 7. The van der Waals surface area contributed by atoms with Gasteiger partial charge in [0.2, 0.25) is 0 Å². The predicted molar refractivity (Wildman–Crippen MR) is 77.6 cm³/mol. The third kappa shape index (κ3) is 6.14. The summed E-state index contributed by atoms with van der Waals surface area (Å²) in [5.41, 5.74) is 9.30. The number of hydrogen-bond acceptors (Lipinski definition) is 1. The quantitative estimate of drug-likeness (QED) is 0.402. The van der Waals surface area contributed by atoms with E-state index in [1.165, 1.54) is 11.1 Å². The molecule has 94 valence electrons. The molecular weight excluding hydrogens is 206 g/mol. The summed E-state index contributed by atoms with van der Waals surface area (Å²) < 4.78 is 0. The first-order valence-electron chi connectivity index (χ1n) is 6.24. The van der Waals surface area contributed by atoms with Crippen molar-refractivity contribution in [2.24, 2.45) is 11.7 Å². The van der Waals surface area contributed by atoms with Crippen molar-refractivity contribution in [1.29, 1.82) is 0 Å². The van der Waals surface area contributed by atoms with E-state index in [0.29, 0.717) is 12.5 Å². The molecule has 0 aliphatic carbocycles. The molecule has 0 rings (SSSR count). The SMILES string of the molecule is C#C/C=C(C)\C(=C/CN)C(CCC)CC(=C)C.